The minimum absolute atomic E-state index is 0.0371. The molecule has 0 saturated carbocycles. The summed E-state index contributed by atoms with van der Waals surface area (Å²) >= 11 is 10.8. The molecule has 2 aliphatic rings. The normalized spacial score (nSPS) is 14.1. The standard InChI is InChI=1S/C20H12O5.C3H2Cl2N4/c21-11-5-7-15-17(9-11)24-18-10-12(22)6-8-16(18)20(15)14-4-2-1-3-13(14)19(23)25-20;4-1-2(5)7-9-8-3(1)6/h1-10,21-22H;(H2,6,7,8). The van der Waals surface area contributed by atoms with Gasteiger partial charge in [-0.15, -0.1) is 10.2 Å². The van der Waals surface area contributed by atoms with Crippen LogP contribution in [0.15, 0.2) is 60.7 Å². The number of nitrogen functional groups attached to an aromatic ring is 1. The van der Waals surface area contributed by atoms with Crippen LogP contribution in [-0.2, 0) is 10.3 Å². The molecule has 3 aromatic carbocycles. The zero-order valence-corrected chi connectivity index (χ0v) is 18.6. The number of hydrogen-bond acceptors (Lipinski definition) is 9. The van der Waals surface area contributed by atoms with E-state index >= 15 is 0 Å². The fourth-order valence-electron chi connectivity index (χ4n) is 3.96. The Hall–Kier alpha value is -4.08. The largest absolute Gasteiger partial charge is 0.508 e. The summed E-state index contributed by atoms with van der Waals surface area (Å²) in [5.41, 5.74) is 6.47. The van der Waals surface area contributed by atoms with Gasteiger partial charge < -0.3 is 25.4 Å². The van der Waals surface area contributed by atoms with Crippen LogP contribution in [0.2, 0.25) is 10.2 Å². The SMILES string of the molecule is Nc1nnnc(Cl)c1Cl.O=C1OC2(c3ccc(O)cc3Oc3cc(O)ccc32)c2ccccc21. The molecule has 11 heteroatoms. The number of ether oxygens (including phenoxy) is 2. The molecule has 4 aromatic rings. The molecule has 0 atom stereocenters. The van der Waals surface area contributed by atoms with Crippen LogP contribution in [0.3, 0.4) is 0 Å². The molecule has 3 heterocycles. The number of benzene rings is 3. The third-order valence-corrected chi connectivity index (χ3v) is 6.11. The molecule has 4 N–H and O–H groups in total. The van der Waals surface area contributed by atoms with Crippen LogP contribution in [-0.4, -0.2) is 31.6 Å². The fraction of sp³-hybridized carbons (Fsp3) is 0.0435. The van der Waals surface area contributed by atoms with Crippen LogP contribution in [0.25, 0.3) is 0 Å². The maximum atomic E-state index is 12.5. The maximum absolute atomic E-state index is 12.5. The summed E-state index contributed by atoms with van der Waals surface area (Å²) in [5, 5.41) is 29.8. The molecule has 1 aromatic heterocycles. The number of anilines is 1. The third-order valence-electron chi connectivity index (χ3n) is 5.37. The van der Waals surface area contributed by atoms with Crippen molar-refractivity contribution in [2.45, 2.75) is 5.60 Å². The summed E-state index contributed by atoms with van der Waals surface area (Å²) in [6.07, 6.45) is 0. The average molecular weight is 497 g/mol. The Morgan fingerprint density at radius 3 is 2.06 bits per heavy atom. The molecule has 0 radical (unpaired) electrons. The Labute approximate surface area is 202 Å². The van der Waals surface area contributed by atoms with E-state index in [1.807, 2.05) is 12.1 Å². The van der Waals surface area contributed by atoms with Gasteiger partial charge in [0.2, 0.25) is 0 Å². The molecule has 0 unspecified atom stereocenters. The van der Waals surface area contributed by atoms with E-state index in [1.165, 1.54) is 24.3 Å². The minimum atomic E-state index is -1.17. The number of aromatic hydroxyl groups is 2. The van der Waals surface area contributed by atoms with Gasteiger partial charge in [-0.2, -0.15) is 0 Å². The number of carbonyl (C=O) groups excluding carboxylic acids is 1. The van der Waals surface area contributed by atoms with Gasteiger partial charge in [0, 0.05) is 28.8 Å². The Morgan fingerprint density at radius 1 is 0.853 bits per heavy atom. The molecule has 0 bridgehead atoms. The van der Waals surface area contributed by atoms with Crippen LogP contribution in [0.1, 0.15) is 27.0 Å². The Balaban J connectivity index is 0.000000227. The average Bonchev–Trinajstić information content (AvgIpc) is 3.10. The molecular weight excluding hydrogens is 483 g/mol. The summed E-state index contributed by atoms with van der Waals surface area (Å²) in [4.78, 5) is 12.5. The van der Waals surface area contributed by atoms with E-state index in [0.717, 1.165) is 0 Å². The molecule has 6 rings (SSSR count). The highest BCUT2D eigenvalue weighted by Crippen LogP contribution is 2.56. The summed E-state index contributed by atoms with van der Waals surface area (Å²) < 4.78 is 11.8. The number of carbonyl (C=O) groups is 1. The lowest BCUT2D eigenvalue weighted by Gasteiger charge is -2.36. The van der Waals surface area contributed by atoms with Crippen LogP contribution >= 0.6 is 23.2 Å². The quantitative estimate of drug-likeness (QED) is 0.301. The number of nitrogens with zero attached hydrogens (tertiary/aromatic N) is 3. The van der Waals surface area contributed by atoms with Crippen molar-refractivity contribution >= 4 is 35.0 Å². The van der Waals surface area contributed by atoms with Crippen molar-refractivity contribution in [3.63, 3.8) is 0 Å². The van der Waals surface area contributed by atoms with E-state index in [-0.39, 0.29) is 27.5 Å². The summed E-state index contributed by atoms with van der Waals surface area (Å²) in [5.74, 6) is 0.502. The molecule has 9 nitrogen and oxygen atoms in total. The van der Waals surface area contributed by atoms with Crippen molar-refractivity contribution in [3.05, 3.63) is 93.1 Å². The molecule has 2 aliphatic heterocycles. The zero-order chi connectivity index (χ0) is 24.0. The van der Waals surface area contributed by atoms with Gasteiger partial charge in [0.05, 0.1) is 5.56 Å². The van der Waals surface area contributed by atoms with Gasteiger partial charge in [0.25, 0.3) is 0 Å². The summed E-state index contributed by atoms with van der Waals surface area (Å²) in [6, 6.07) is 16.6. The molecule has 0 aliphatic carbocycles. The smallest absolute Gasteiger partial charge is 0.340 e. The Kier molecular flexibility index (Phi) is 5.15. The van der Waals surface area contributed by atoms with Gasteiger partial charge in [0.1, 0.15) is 28.0 Å². The van der Waals surface area contributed by atoms with Gasteiger partial charge >= 0.3 is 5.97 Å². The third kappa shape index (κ3) is 3.33. The van der Waals surface area contributed by atoms with E-state index in [0.29, 0.717) is 33.8 Å². The van der Waals surface area contributed by atoms with Crippen LogP contribution < -0.4 is 10.5 Å². The Bertz CT molecular complexity index is 1390. The van der Waals surface area contributed by atoms with E-state index in [9.17, 15) is 15.0 Å². The molecule has 34 heavy (non-hydrogen) atoms. The Morgan fingerprint density at radius 2 is 1.47 bits per heavy atom. The second-order valence-corrected chi connectivity index (χ2v) is 8.09. The summed E-state index contributed by atoms with van der Waals surface area (Å²) in [7, 11) is 0. The first-order valence-corrected chi connectivity index (χ1v) is 10.5. The zero-order valence-electron chi connectivity index (χ0n) is 17.1. The van der Waals surface area contributed by atoms with Crippen molar-refractivity contribution in [2.75, 3.05) is 5.73 Å². The molecule has 0 fully saturated rings. The van der Waals surface area contributed by atoms with E-state index in [2.05, 4.69) is 15.4 Å². The lowest BCUT2D eigenvalue weighted by molar-refractivity contribution is 0.0224. The number of halogens is 2. The fourth-order valence-corrected chi connectivity index (χ4v) is 4.16. The van der Waals surface area contributed by atoms with Crippen molar-refractivity contribution in [3.8, 4) is 23.0 Å². The highest BCUT2D eigenvalue weighted by Gasteiger charge is 2.53. The second kappa shape index (κ2) is 8.05. The number of phenolic OH excluding ortho intramolecular Hbond substituents is 2. The van der Waals surface area contributed by atoms with Crippen molar-refractivity contribution in [2.24, 2.45) is 0 Å². The van der Waals surface area contributed by atoms with Crippen molar-refractivity contribution in [1.29, 1.82) is 0 Å². The number of esters is 1. The number of rotatable bonds is 0. The molecule has 0 saturated heterocycles. The van der Waals surface area contributed by atoms with Gasteiger partial charge in [-0.1, -0.05) is 41.4 Å². The van der Waals surface area contributed by atoms with Gasteiger partial charge in [-0.25, -0.2) is 4.79 Å². The molecule has 1 spiro atoms. The minimum Gasteiger partial charge on any atom is -0.508 e. The predicted octanol–water partition coefficient (Wildman–Crippen LogP) is 4.43. The van der Waals surface area contributed by atoms with Gasteiger partial charge in [0.15, 0.2) is 16.6 Å². The highest BCUT2D eigenvalue weighted by atomic mass is 35.5. The first-order chi connectivity index (χ1) is 16.3. The number of nitrogens with two attached hydrogens (primary N) is 1. The second-order valence-electron chi connectivity index (χ2n) is 7.36. The number of phenols is 2. The first kappa shape index (κ1) is 21.7. The number of fused-ring (bicyclic) bond motifs is 6. The summed E-state index contributed by atoms with van der Waals surface area (Å²) in [6.45, 7) is 0. The van der Waals surface area contributed by atoms with E-state index in [4.69, 9.17) is 38.4 Å². The molecule has 170 valence electrons. The monoisotopic (exact) mass is 496 g/mol. The van der Waals surface area contributed by atoms with Crippen LogP contribution in [0, 0.1) is 0 Å². The van der Waals surface area contributed by atoms with Crippen molar-refractivity contribution < 1.29 is 24.5 Å². The lowest BCUT2D eigenvalue weighted by Crippen LogP contribution is -2.32. The topological polar surface area (TPSA) is 141 Å². The number of aromatic nitrogens is 3. The van der Waals surface area contributed by atoms with Gasteiger partial charge in [-0.05, 0) is 35.5 Å². The van der Waals surface area contributed by atoms with E-state index in [1.54, 1.807) is 24.3 Å². The van der Waals surface area contributed by atoms with Crippen LogP contribution in [0.5, 0.6) is 23.0 Å². The number of hydrogen-bond donors (Lipinski definition) is 3. The van der Waals surface area contributed by atoms with E-state index < -0.39 is 11.6 Å². The maximum Gasteiger partial charge on any atom is 0.340 e. The lowest BCUT2D eigenvalue weighted by atomic mass is 9.77. The van der Waals surface area contributed by atoms with Crippen LogP contribution in [0.4, 0.5) is 5.82 Å². The first-order valence-electron chi connectivity index (χ1n) is 9.79. The van der Waals surface area contributed by atoms with Crippen molar-refractivity contribution in [1.82, 2.24) is 15.4 Å². The molecular formula is C23H14Cl2N4O5. The molecule has 0 amide bonds. The van der Waals surface area contributed by atoms with Gasteiger partial charge in [-0.3, -0.25) is 0 Å². The predicted molar refractivity (Wildman–Crippen MR) is 122 cm³/mol. The highest BCUT2D eigenvalue weighted by molar-refractivity contribution is 6.42.